The average Bonchev–Trinajstić information content (AvgIpc) is 3.16. The van der Waals surface area contributed by atoms with Crippen molar-refractivity contribution >= 4 is 16.9 Å². The van der Waals surface area contributed by atoms with Gasteiger partial charge in [-0.2, -0.15) is 0 Å². The molecule has 170 valence electrons. The Kier molecular flexibility index (Phi) is 6.50. The third-order valence-corrected chi connectivity index (χ3v) is 5.96. The minimum absolute atomic E-state index is 0.0557. The van der Waals surface area contributed by atoms with Crippen LogP contribution in [0.1, 0.15) is 46.2 Å². The summed E-state index contributed by atoms with van der Waals surface area (Å²) < 4.78 is 7.47. The lowest BCUT2D eigenvalue weighted by molar-refractivity contribution is 0.0737. The highest BCUT2D eigenvalue weighted by Crippen LogP contribution is 2.26. The van der Waals surface area contributed by atoms with Gasteiger partial charge >= 0.3 is 0 Å². The van der Waals surface area contributed by atoms with Crippen LogP contribution in [0.4, 0.5) is 0 Å². The fourth-order valence-electron chi connectivity index (χ4n) is 4.57. The second kappa shape index (κ2) is 9.49. The lowest BCUT2D eigenvalue weighted by atomic mass is 9.98. The van der Waals surface area contributed by atoms with Crippen LogP contribution in [0.25, 0.3) is 16.7 Å². The van der Waals surface area contributed by atoms with Crippen molar-refractivity contribution in [2.24, 2.45) is 0 Å². The molecule has 0 fully saturated rings. The molecule has 0 saturated heterocycles. The van der Waals surface area contributed by atoms with Crippen LogP contribution < -0.4 is 4.74 Å². The molecule has 33 heavy (non-hydrogen) atoms. The van der Waals surface area contributed by atoms with E-state index in [-0.39, 0.29) is 5.91 Å². The fraction of sp³-hybridized carbons (Fsp3) is 0.286. The predicted molar refractivity (Wildman–Crippen MR) is 133 cm³/mol. The van der Waals surface area contributed by atoms with Crippen molar-refractivity contribution in [3.63, 3.8) is 0 Å². The number of carbonyl (C=O) groups excluding carboxylic acids is 1. The Hall–Kier alpha value is -3.60. The average molecular weight is 442 g/mol. The van der Waals surface area contributed by atoms with E-state index in [1.807, 2.05) is 61.2 Å². The van der Waals surface area contributed by atoms with Crippen LogP contribution in [-0.2, 0) is 6.54 Å². The van der Waals surface area contributed by atoms with Gasteiger partial charge in [0, 0.05) is 17.8 Å². The van der Waals surface area contributed by atoms with Gasteiger partial charge in [-0.1, -0.05) is 36.8 Å². The number of hydrogen-bond donors (Lipinski definition) is 0. The van der Waals surface area contributed by atoms with Gasteiger partial charge in [-0.3, -0.25) is 9.36 Å². The lowest BCUT2D eigenvalue weighted by Gasteiger charge is -2.24. The summed E-state index contributed by atoms with van der Waals surface area (Å²) >= 11 is 0. The smallest absolute Gasteiger partial charge is 0.254 e. The molecule has 1 amide bonds. The van der Waals surface area contributed by atoms with Crippen LogP contribution in [0, 0.1) is 20.8 Å². The first-order valence-electron chi connectivity index (χ1n) is 11.4. The van der Waals surface area contributed by atoms with Crippen LogP contribution >= 0.6 is 0 Å². The number of fused-ring (bicyclic) bond motifs is 1. The zero-order valence-corrected chi connectivity index (χ0v) is 20.1. The molecule has 3 aromatic carbocycles. The molecule has 5 nitrogen and oxygen atoms in total. The fourth-order valence-corrected chi connectivity index (χ4v) is 4.57. The van der Waals surface area contributed by atoms with E-state index in [4.69, 9.17) is 9.72 Å². The molecular formula is C28H31N3O2. The van der Waals surface area contributed by atoms with Gasteiger partial charge in [0.2, 0.25) is 0 Å². The third kappa shape index (κ3) is 4.49. The molecule has 0 radical (unpaired) electrons. The van der Waals surface area contributed by atoms with Crippen molar-refractivity contribution in [3.05, 3.63) is 88.7 Å². The first kappa shape index (κ1) is 22.6. The van der Waals surface area contributed by atoms with Crippen LogP contribution in [0.2, 0.25) is 0 Å². The molecule has 0 aliphatic heterocycles. The van der Waals surface area contributed by atoms with Gasteiger partial charge < -0.3 is 9.64 Å². The Labute approximate surface area is 195 Å². The van der Waals surface area contributed by atoms with Crippen LogP contribution in [0.5, 0.6) is 5.75 Å². The van der Waals surface area contributed by atoms with Crippen molar-refractivity contribution in [3.8, 4) is 11.4 Å². The monoisotopic (exact) mass is 441 g/mol. The molecule has 1 aromatic heterocycles. The van der Waals surface area contributed by atoms with E-state index in [1.165, 1.54) is 5.56 Å². The Balaban J connectivity index is 1.78. The summed E-state index contributed by atoms with van der Waals surface area (Å²) in [6, 6.07) is 20.2. The Bertz CT molecular complexity index is 1270. The van der Waals surface area contributed by atoms with Gasteiger partial charge in [0.1, 0.15) is 11.6 Å². The summed E-state index contributed by atoms with van der Waals surface area (Å²) in [5.74, 6) is 1.70. The number of benzene rings is 3. The summed E-state index contributed by atoms with van der Waals surface area (Å²) in [5.41, 5.74) is 6.92. The molecule has 0 saturated carbocycles. The number of ether oxygens (including phenoxy) is 1. The van der Waals surface area contributed by atoms with E-state index in [0.717, 1.165) is 51.4 Å². The zero-order valence-electron chi connectivity index (χ0n) is 20.1. The first-order valence-corrected chi connectivity index (χ1v) is 11.4. The van der Waals surface area contributed by atoms with E-state index >= 15 is 0 Å². The molecule has 4 aromatic rings. The topological polar surface area (TPSA) is 47.4 Å². The van der Waals surface area contributed by atoms with Gasteiger partial charge in [-0.25, -0.2) is 4.98 Å². The van der Waals surface area contributed by atoms with Gasteiger partial charge in [-0.15, -0.1) is 0 Å². The number of amides is 1. The van der Waals surface area contributed by atoms with Crippen LogP contribution in [0.15, 0.2) is 60.7 Å². The number of hydrogen-bond acceptors (Lipinski definition) is 3. The van der Waals surface area contributed by atoms with Crippen molar-refractivity contribution in [2.45, 2.75) is 40.7 Å². The van der Waals surface area contributed by atoms with Crippen LogP contribution in [0.3, 0.4) is 0 Å². The molecular weight excluding hydrogens is 410 g/mol. The predicted octanol–water partition coefficient (Wildman–Crippen LogP) is 6.01. The maximum absolute atomic E-state index is 13.7. The second-order valence-corrected chi connectivity index (χ2v) is 8.55. The molecule has 0 unspecified atom stereocenters. The number of nitrogens with zero attached hydrogens (tertiary/aromatic N) is 3. The van der Waals surface area contributed by atoms with E-state index < -0.39 is 0 Å². The van der Waals surface area contributed by atoms with Gasteiger partial charge in [0.15, 0.2) is 0 Å². The SMILES string of the molecule is CCCN(Cc1nc2ccccc2n1-c1ccc(OC)cc1)C(=O)c1c(C)cc(C)cc1C. The number of imidazole rings is 1. The molecule has 0 spiro atoms. The van der Waals surface area contributed by atoms with E-state index in [0.29, 0.717) is 13.1 Å². The first-order chi connectivity index (χ1) is 15.9. The highest BCUT2D eigenvalue weighted by atomic mass is 16.5. The summed E-state index contributed by atoms with van der Waals surface area (Å²) in [5, 5.41) is 0. The van der Waals surface area contributed by atoms with Crippen molar-refractivity contribution in [1.82, 2.24) is 14.5 Å². The van der Waals surface area contributed by atoms with Crippen molar-refractivity contribution < 1.29 is 9.53 Å². The Morgan fingerprint density at radius 2 is 1.67 bits per heavy atom. The molecule has 0 N–H and O–H groups in total. The van der Waals surface area contributed by atoms with Gasteiger partial charge in [-0.05, 0) is 74.7 Å². The summed E-state index contributed by atoms with van der Waals surface area (Å²) in [7, 11) is 1.66. The standard InChI is InChI=1S/C28H31N3O2/c1-6-15-30(28(32)27-20(3)16-19(2)17-21(27)4)18-26-29-24-9-7-8-10-25(24)31(26)22-11-13-23(33-5)14-12-22/h7-14,16-17H,6,15,18H2,1-5H3. The van der Waals surface area contributed by atoms with Crippen molar-refractivity contribution in [1.29, 1.82) is 0 Å². The van der Waals surface area contributed by atoms with E-state index in [2.05, 4.69) is 36.6 Å². The maximum atomic E-state index is 13.7. The molecule has 0 aliphatic rings. The number of para-hydroxylation sites is 2. The normalized spacial score (nSPS) is 11.1. The minimum atomic E-state index is 0.0557. The maximum Gasteiger partial charge on any atom is 0.254 e. The molecule has 1 heterocycles. The van der Waals surface area contributed by atoms with Crippen molar-refractivity contribution in [2.75, 3.05) is 13.7 Å². The molecule has 5 heteroatoms. The number of aryl methyl sites for hydroxylation is 3. The molecule has 0 aliphatic carbocycles. The highest BCUT2D eigenvalue weighted by molar-refractivity contribution is 5.97. The zero-order chi connectivity index (χ0) is 23.5. The number of methoxy groups -OCH3 is 1. The summed E-state index contributed by atoms with van der Waals surface area (Å²) in [4.78, 5) is 20.6. The molecule has 0 bridgehead atoms. The Morgan fingerprint density at radius 1 is 1.00 bits per heavy atom. The van der Waals surface area contributed by atoms with E-state index in [1.54, 1.807) is 7.11 Å². The second-order valence-electron chi connectivity index (χ2n) is 8.55. The third-order valence-electron chi connectivity index (χ3n) is 5.96. The minimum Gasteiger partial charge on any atom is -0.497 e. The molecule has 0 atom stereocenters. The highest BCUT2D eigenvalue weighted by Gasteiger charge is 2.23. The van der Waals surface area contributed by atoms with Gasteiger partial charge in [0.25, 0.3) is 5.91 Å². The number of carbonyl (C=O) groups is 1. The summed E-state index contributed by atoms with van der Waals surface area (Å²) in [6.45, 7) is 9.29. The number of aromatic nitrogens is 2. The van der Waals surface area contributed by atoms with E-state index in [9.17, 15) is 4.79 Å². The quantitative estimate of drug-likeness (QED) is 0.353. The summed E-state index contributed by atoms with van der Waals surface area (Å²) in [6.07, 6.45) is 0.873. The Morgan fingerprint density at radius 3 is 2.30 bits per heavy atom. The lowest BCUT2D eigenvalue weighted by Crippen LogP contribution is -2.33. The number of rotatable bonds is 7. The van der Waals surface area contributed by atoms with Crippen LogP contribution in [-0.4, -0.2) is 34.0 Å². The van der Waals surface area contributed by atoms with Gasteiger partial charge in [0.05, 0.1) is 24.7 Å². The molecule has 4 rings (SSSR count). The largest absolute Gasteiger partial charge is 0.497 e.